The van der Waals surface area contributed by atoms with Crippen LogP contribution in [0.3, 0.4) is 0 Å². The van der Waals surface area contributed by atoms with Gasteiger partial charge < -0.3 is 9.64 Å². The smallest absolute Gasteiger partial charge is 0.223 e. The first-order valence-electron chi connectivity index (χ1n) is 10.2. The molecule has 0 N–H and O–H groups in total. The molecule has 0 spiro atoms. The molecule has 0 aliphatic heterocycles. The van der Waals surface area contributed by atoms with E-state index < -0.39 is 0 Å². The van der Waals surface area contributed by atoms with E-state index in [9.17, 15) is 9.59 Å². The minimum absolute atomic E-state index is 0.0457. The highest BCUT2D eigenvalue weighted by atomic mass is 16.5. The lowest BCUT2D eigenvalue weighted by atomic mass is 10.1. The Labute approximate surface area is 177 Å². The van der Waals surface area contributed by atoms with E-state index in [-0.39, 0.29) is 24.5 Å². The summed E-state index contributed by atoms with van der Waals surface area (Å²) in [6.07, 6.45) is 4.96. The number of aromatic nitrogens is 2. The van der Waals surface area contributed by atoms with Crippen LogP contribution in [-0.2, 0) is 11.3 Å². The topological polar surface area (TPSA) is 64.4 Å². The van der Waals surface area contributed by atoms with Gasteiger partial charge in [0.15, 0.2) is 5.78 Å². The van der Waals surface area contributed by atoms with Crippen LogP contribution in [0.25, 0.3) is 5.69 Å². The predicted octanol–water partition coefficient (Wildman–Crippen LogP) is 4.28. The van der Waals surface area contributed by atoms with Crippen LogP contribution in [0.15, 0.2) is 67.0 Å². The Morgan fingerprint density at radius 2 is 1.77 bits per heavy atom. The first-order chi connectivity index (χ1) is 14.6. The van der Waals surface area contributed by atoms with Gasteiger partial charge in [0.05, 0.1) is 18.5 Å². The number of hydrogen-bond acceptors (Lipinski definition) is 4. The zero-order chi connectivity index (χ0) is 21.3. The van der Waals surface area contributed by atoms with Crippen molar-refractivity contribution in [3.05, 3.63) is 78.1 Å². The summed E-state index contributed by atoms with van der Waals surface area (Å²) in [4.78, 5) is 26.5. The van der Waals surface area contributed by atoms with Crippen molar-refractivity contribution >= 4 is 11.7 Å². The van der Waals surface area contributed by atoms with E-state index in [1.165, 1.54) is 0 Å². The molecule has 0 atom stereocenters. The van der Waals surface area contributed by atoms with Gasteiger partial charge in [-0.1, -0.05) is 25.1 Å². The second-order valence-corrected chi connectivity index (χ2v) is 7.17. The number of carbonyl (C=O) groups is 2. The lowest BCUT2D eigenvalue weighted by Crippen LogP contribution is -2.26. The summed E-state index contributed by atoms with van der Waals surface area (Å²) >= 11 is 0. The molecular weight excluding hydrogens is 378 g/mol. The fraction of sp³-hybridized carbons (Fsp3) is 0.292. The standard InChI is InChI=1S/C24H27N3O3/c1-3-15-30-22-11-9-20(10-12-22)23(28)13-14-24(29)26(2)17-19-16-25-27(18-19)21-7-5-4-6-8-21/h4-12,16,18H,3,13-15,17H2,1-2H3. The van der Waals surface area contributed by atoms with Crippen molar-refractivity contribution in [3.8, 4) is 11.4 Å². The van der Waals surface area contributed by atoms with Gasteiger partial charge in [-0.05, 0) is 42.8 Å². The molecule has 6 nitrogen and oxygen atoms in total. The molecule has 30 heavy (non-hydrogen) atoms. The lowest BCUT2D eigenvalue weighted by Gasteiger charge is -2.16. The third-order valence-corrected chi connectivity index (χ3v) is 4.72. The van der Waals surface area contributed by atoms with Gasteiger partial charge in [-0.15, -0.1) is 0 Å². The zero-order valence-electron chi connectivity index (χ0n) is 17.5. The third kappa shape index (κ3) is 5.80. The van der Waals surface area contributed by atoms with Crippen LogP contribution >= 0.6 is 0 Å². The molecule has 3 aromatic rings. The fourth-order valence-electron chi connectivity index (χ4n) is 3.04. The Morgan fingerprint density at radius 3 is 2.47 bits per heavy atom. The second kappa shape index (κ2) is 10.4. The van der Waals surface area contributed by atoms with E-state index in [1.807, 2.05) is 43.5 Å². The van der Waals surface area contributed by atoms with Crippen molar-refractivity contribution in [3.63, 3.8) is 0 Å². The van der Waals surface area contributed by atoms with Crippen molar-refractivity contribution in [1.29, 1.82) is 0 Å². The number of Topliss-reactive ketones (excluding diaryl/α,β-unsaturated/α-hetero) is 1. The van der Waals surface area contributed by atoms with Crippen LogP contribution in [0.5, 0.6) is 5.75 Å². The number of amides is 1. The zero-order valence-corrected chi connectivity index (χ0v) is 17.5. The number of ketones is 1. The van der Waals surface area contributed by atoms with Gasteiger partial charge in [0.25, 0.3) is 0 Å². The normalized spacial score (nSPS) is 10.6. The maximum absolute atomic E-state index is 12.5. The van der Waals surface area contributed by atoms with E-state index in [4.69, 9.17) is 4.74 Å². The number of benzene rings is 2. The SMILES string of the molecule is CCCOc1ccc(C(=O)CCC(=O)N(C)Cc2cnn(-c3ccccc3)c2)cc1. The summed E-state index contributed by atoms with van der Waals surface area (Å²) in [7, 11) is 1.74. The van der Waals surface area contributed by atoms with Gasteiger partial charge in [-0.3, -0.25) is 9.59 Å². The van der Waals surface area contributed by atoms with Gasteiger partial charge in [-0.2, -0.15) is 5.10 Å². The summed E-state index contributed by atoms with van der Waals surface area (Å²) < 4.78 is 7.31. The van der Waals surface area contributed by atoms with Crippen LogP contribution in [0.2, 0.25) is 0 Å². The van der Waals surface area contributed by atoms with E-state index in [0.717, 1.165) is 23.4 Å². The number of hydrogen-bond donors (Lipinski definition) is 0. The highest BCUT2D eigenvalue weighted by Crippen LogP contribution is 2.15. The minimum atomic E-state index is -0.0706. The molecule has 3 rings (SSSR count). The summed E-state index contributed by atoms with van der Waals surface area (Å²) in [6.45, 7) is 3.14. The molecule has 1 heterocycles. The molecule has 1 amide bonds. The molecule has 156 valence electrons. The lowest BCUT2D eigenvalue weighted by molar-refractivity contribution is -0.130. The van der Waals surface area contributed by atoms with Crippen molar-refractivity contribution in [2.45, 2.75) is 32.7 Å². The average molecular weight is 405 g/mol. The third-order valence-electron chi connectivity index (χ3n) is 4.72. The van der Waals surface area contributed by atoms with Crippen LogP contribution in [0.1, 0.15) is 42.1 Å². The number of carbonyl (C=O) groups excluding carboxylic acids is 2. The van der Waals surface area contributed by atoms with E-state index >= 15 is 0 Å². The Bertz CT molecular complexity index is 965. The molecule has 0 unspecified atom stereocenters. The number of ether oxygens (including phenoxy) is 1. The molecule has 6 heteroatoms. The fourth-order valence-corrected chi connectivity index (χ4v) is 3.04. The molecule has 0 saturated carbocycles. The Balaban J connectivity index is 1.48. The van der Waals surface area contributed by atoms with Gasteiger partial charge >= 0.3 is 0 Å². The summed E-state index contributed by atoms with van der Waals surface area (Å²) in [6, 6.07) is 16.9. The van der Waals surface area contributed by atoms with Gasteiger partial charge in [0.1, 0.15) is 5.75 Å². The van der Waals surface area contributed by atoms with Crippen molar-refractivity contribution in [2.24, 2.45) is 0 Å². The Kier molecular flexibility index (Phi) is 7.38. The Morgan fingerprint density at radius 1 is 1.03 bits per heavy atom. The molecule has 0 radical (unpaired) electrons. The van der Waals surface area contributed by atoms with Crippen molar-refractivity contribution in [1.82, 2.24) is 14.7 Å². The van der Waals surface area contributed by atoms with Crippen LogP contribution in [0.4, 0.5) is 0 Å². The minimum Gasteiger partial charge on any atom is -0.494 e. The monoisotopic (exact) mass is 405 g/mol. The van der Waals surface area contributed by atoms with Gasteiger partial charge in [0.2, 0.25) is 5.91 Å². The highest BCUT2D eigenvalue weighted by Gasteiger charge is 2.14. The van der Waals surface area contributed by atoms with E-state index in [0.29, 0.717) is 18.7 Å². The summed E-state index contributed by atoms with van der Waals surface area (Å²) in [5, 5.41) is 4.35. The highest BCUT2D eigenvalue weighted by molar-refractivity contribution is 5.98. The quantitative estimate of drug-likeness (QED) is 0.472. The largest absolute Gasteiger partial charge is 0.494 e. The number of nitrogens with zero attached hydrogens (tertiary/aromatic N) is 3. The molecule has 0 fully saturated rings. The van der Waals surface area contributed by atoms with Crippen LogP contribution < -0.4 is 4.74 Å². The molecular formula is C24H27N3O3. The molecule has 0 saturated heterocycles. The maximum Gasteiger partial charge on any atom is 0.223 e. The molecule has 0 aliphatic rings. The molecule has 0 bridgehead atoms. The van der Waals surface area contributed by atoms with Crippen LogP contribution in [-0.4, -0.2) is 40.0 Å². The van der Waals surface area contributed by atoms with Gasteiger partial charge in [0, 0.05) is 43.8 Å². The maximum atomic E-state index is 12.5. The summed E-state index contributed by atoms with van der Waals surface area (Å²) in [5.74, 6) is 0.634. The second-order valence-electron chi connectivity index (χ2n) is 7.17. The predicted molar refractivity (Wildman–Crippen MR) is 116 cm³/mol. The van der Waals surface area contributed by atoms with E-state index in [1.54, 1.807) is 47.1 Å². The van der Waals surface area contributed by atoms with Crippen molar-refractivity contribution in [2.75, 3.05) is 13.7 Å². The first kappa shape index (κ1) is 21.3. The first-order valence-corrected chi connectivity index (χ1v) is 10.2. The average Bonchev–Trinajstić information content (AvgIpc) is 3.25. The van der Waals surface area contributed by atoms with Crippen LogP contribution in [0, 0.1) is 0 Å². The molecule has 0 aliphatic carbocycles. The van der Waals surface area contributed by atoms with E-state index in [2.05, 4.69) is 5.10 Å². The number of rotatable bonds is 10. The van der Waals surface area contributed by atoms with Crippen molar-refractivity contribution < 1.29 is 14.3 Å². The molecule has 1 aromatic heterocycles. The molecule has 2 aromatic carbocycles. The van der Waals surface area contributed by atoms with Gasteiger partial charge in [-0.25, -0.2) is 4.68 Å². The summed E-state index contributed by atoms with van der Waals surface area (Å²) in [5.41, 5.74) is 2.50. The Hall–Kier alpha value is -3.41. The number of para-hydroxylation sites is 1.